The number of amides is 1. The summed E-state index contributed by atoms with van der Waals surface area (Å²) in [6.45, 7) is 25.6. The molecule has 0 radical (unpaired) electrons. The van der Waals surface area contributed by atoms with Crippen LogP contribution < -0.4 is 24.8 Å². The molecule has 1 rings (SSSR count). The van der Waals surface area contributed by atoms with Crippen molar-refractivity contribution in [1.82, 2.24) is 10.6 Å². The predicted molar refractivity (Wildman–Crippen MR) is 151 cm³/mol. The Balaban J connectivity index is 3.69. The summed E-state index contributed by atoms with van der Waals surface area (Å²) in [5.74, 6) is 1.39. The quantitative estimate of drug-likeness (QED) is 0.319. The van der Waals surface area contributed by atoms with E-state index in [1.165, 1.54) is 0 Å². The standard InChI is InChI=1S/C30H54N2O4/c1-20(31-13)17-29(9,10)36-25-23(34-21(2)18-27(3,4)5)15-22(26(33)32-14)16-24(25)35-30(11,12)19-28(6,7)8/h15-16,20-21,31H,17-19H2,1-14H3,(H,32,33). The highest BCUT2D eigenvalue weighted by Crippen LogP contribution is 2.45. The number of carbonyl (C=O) groups is 1. The Labute approximate surface area is 221 Å². The van der Waals surface area contributed by atoms with Gasteiger partial charge in [-0.3, -0.25) is 4.79 Å². The molecule has 6 heteroatoms. The second-order valence-corrected chi connectivity index (χ2v) is 13.9. The van der Waals surface area contributed by atoms with Gasteiger partial charge in [-0.2, -0.15) is 0 Å². The van der Waals surface area contributed by atoms with Crippen LogP contribution in [0.3, 0.4) is 0 Å². The molecule has 0 aliphatic carbocycles. The molecule has 2 unspecified atom stereocenters. The highest BCUT2D eigenvalue weighted by molar-refractivity contribution is 5.95. The molecule has 1 amide bonds. The Bertz CT molecular complexity index is 863. The number of nitrogens with one attached hydrogen (secondary N) is 2. The molecule has 36 heavy (non-hydrogen) atoms. The summed E-state index contributed by atoms with van der Waals surface area (Å²) >= 11 is 0. The number of benzene rings is 1. The number of hydrogen-bond acceptors (Lipinski definition) is 5. The van der Waals surface area contributed by atoms with Crippen molar-refractivity contribution < 1.29 is 19.0 Å². The maximum absolute atomic E-state index is 12.7. The minimum Gasteiger partial charge on any atom is -0.487 e. The molecule has 208 valence electrons. The number of hydrogen-bond donors (Lipinski definition) is 2. The summed E-state index contributed by atoms with van der Waals surface area (Å²) in [5, 5.41) is 6.02. The first-order valence-electron chi connectivity index (χ1n) is 13.3. The Hall–Kier alpha value is -1.95. The third kappa shape index (κ3) is 11.4. The van der Waals surface area contributed by atoms with Crippen LogP contribution in [0.25, 0.3) is 0 Å². The third-order valence-electron chi connectivity index (χ3n) is 5.75. The first-order chi connectivity index (χ1) is 16.2. The minimum atomic E-state index is -0.505. The van der Waals surface area contributed by atoms with Crippen LogP contribution in [-0.2, 0) is 0 Å². The molecule has 1 aromatic carbocycles. The van der Waals surface area contributed by atoms with E-state index in [1.807, 2.05) is 7.05 Å². The molecule has 0 saturated heterocycles. The molecule has 2 atom stereocenters. The molecule has 0 heterocycles. The zero-order valence-electron chi connectivity index (χ0n) is 25.6. The van der Waals surface area contributed by atoms with Gasteiger partial charge in [0, 0.05) is 25.1 Å². The Morgan fingerprint density at radius 1 is 0.806 bits per heavy atom. The van der Waals surface area contributed by atoms with Gasteiger partial charge in [0.05, 0.1) is 6.10 Å². The van der Waals surface area contributed by atoms with Crippen LogP contribution in [0.2, 0.25) is 0 Å². The van der Waals surface area contributed by atoms with Crippen molar-refractivity contribution in [3.8, 4) is 17.2 Å². The van der Waals surface area contributed by atoms with Gasteiger partial charge in [0.25, 0.3) is 5.91 Å². The SMILES string of the molecule is CNC(=O)c1cc(OC(C)CC(C)(C)C)c(OC(C)(C)CC(C)NC)c(OC(C)(C)CC(C)(C)C)c1. The average Bonchev–Trinajstić information content (AvgIpc) is 2.65. The fourth-order valence-electron chi connectivity index (χ4n) is 5.01. The first-order valence-corrected chi connectivity index (χ1v) is 13.3. The van der Waals surface area contributed by atoms with Gasteiger partial charge in [0.1, 0.15) is 11.2 Å². The molecule has 0 aliphatic heterocycles. The van der Waals surface area contributed by atoms with Crippen molar-refractivity contribution >= 4 is 5.91 Å². The second kappa shape index (κ2) is 12.1. The van der Waals surface area contributed by atoms with Gasteiger partial charge < -0.3 is 24.8 Å². The molecule has 0 spiro atoms. The van der Waals surface area contributed by atoms with Gasteiger partial charge in [-0.05, 0) is 84.4 Å². The smallest absolute Gasteiger partial charge is 0.251 e. The normalized spacial score (nSPS) is 14.7. The zero-order chi connectivity index (χ0) is 28.1. The number of rotatable bonds is 12. The molecule has 0 bridgehead atoms. The molecule has 0 fully saturated rings. The van der Waals surface area contributed by atoms with Gasteiger partial charge in [0.2, 0.25) is 5.75 Å². The van der Waals surface area contributed by atoms with Crippen LogP contribution >= 0.6 is 0 Å². The highest BCUT2D eigenvalue weighted by Gasteiger charge is 2.33. The fourth-order valence-corrected chi connectivity index (χ4v) is 5.01. The maximum Gasteiger partial charge on any atom is 0.251 e. The summed E-state index contributed by atoms with van der Waals surface area (Å²) in [5.41, 5.74) is -0.367. The molecule has 1 aromatic rings. The highest BCUT2D eigenvalue weighted by atomic mass is 16.6. The van der Waals surface area contributed by atoms with Crippen molar-refractivity contribution in [3.63, 3.8) is 0 Å². The lowest BCUT2D eigenvalue weighted by Crippen LogP contribution is -2.38. The van der Waals surface area contributed by atoms with E-state index >= 15 is 0 Å². The van der Waals surface area contributed by atoms with E-state index in [4.69, 9.17) is 14.2 Å². The predicted octanol–water partition coefficient (Wildman–Crippen LogP) is 7.00. The molecule has 6 nitrogen and oxygen atoms in total. The average molecular weight is 507 g/mol. The van der Waals surface area contributed by atoms with Crippen molar-refractivity contribution in [2.24, 2.45) is 10.8 Å². The van der Waals surface area contributed by atoms with Crippen LogP contribution in [0.5, 0.6) is 17.2 Å². The van der Waals surface area contributed by atoms with Crippen LogP contribution in [0.1, 0.15) is 113 Å². The van der Waals surface area contributed by atoms with Crippen LogP contribution in [0, 0.1) is 10.8 Å². The van der Waals surface area contributed by atoms with Crippen LogP contribution in [0.15, 0.2) is 12.1 Å². The summed E-state index contributed by atoms with van der Waals surface area (Å²) in [6.07, 6.45) is 2.37. The summed E-state index contributed by atoms with van der Waals surface area (Å²) in [4.78, 5) is 12.7. The molecule has 0 saturated carbocycles. The molecular formula is C30H54N2O4. The Morgan fingerprint density at radius 3 is 1.83 bits per heavy atom. The van der Waals surface area contributed by atoms with E-state index in [-0.39, 0.29) is 28.9 Å². The monoisotopic (exact) mass is 506 g/mol. The van der Waals surface area contributed by atoms with Crippen molar-refractivity contribution in [2.75, 3.05) is 14.1 Å². The Kier molecular flexibility index (Phi) is 10.7. The lowest BCUT2D eigenvalue weighted by atomic mass is 9.83. The summed E-state index contributed by atoms with van der Waals surface area (Å²) in [6, 6.07) is 3.81. The van der Waals surface area contributed by atoms with Gasteiger partial charge in [0.15, 0.2) is 11.5 Å². The lowest BCUT2D eigenvalue weighted by Gasteiger charge is -2.36. The van der Waals surface area contributed by atoms with Crippen LogP contribution in [0.4, 0.5) is 0 Å². The first kappa shape index (κ1) is 32.1. The van der Waals surface area contributed by atoms with Gasteiger partial charge in [-0.15, -0.1) is 0 Å². The molecule has 0 aliphatic rings. The lowest BCUT2D eigenvalue weighted by molar-refractivity contribution is 0.0407. The van der Waals surface area contributed by atoms with E-state index in [0.717, 1.165) is 19.3 Å². The topological polar surface area (TPSA) is 68.8 Å². The molecule has 0 aromatic heterocycles. The number of ether oxygens (including phenoxy) is 3. The largest absolute Gasteiger partial charge is 0.487 e. The fraction of sp³-hybridized carbons (Fsp3) is 0.767. The summed E-state index contributed by atoms with van der Waals surface area (Å²) < 4.78 is 19.8. The zero-order valence-corrected chi connectivity index (χ0v) is 25.6. The summed E-state index contributed by atoms with van der Waals surface area (Å²) in [7, 11) is 3.58. The minimum absolute atomic E-state index is 0.0605. The molecular weight excluding hydrogens is 452 g/mol. The Morgan fingerprint density at radius 2 is 1.36 bits per heavy atom. The molecule has 2 N–H and O–H groups in total. The van der Waals surface area contributed by atoms with E-state index in [1.54, 1.807) is 19.2 Å². The number of carbonyl (C=O) groups excluding carboxylic acids is 1. The van der Waals surface area contributed by atoms with Gasteiger partial charge >= 0.3 is 0 Å². The third-order valence-corrected chi connectivity index (χ3v) is 5.75. The van der Waals surface area contributed by atoms with Crippen molar-refractivity contribution in [1.29, 1.82) is 0 Å². The second-order valence-electron chi connectivity index (χ2n) is 13.9. The van der Waals surface area contributed by atoms with E-state index in [0.29, 0.717) is 22.8 Å². The van der Waals surface area contributed by atoms with E-state index in [2.05, 4.69) is 93.7 Å². The van der Waals surface area contributed by atoms with Crippen molar-refractivity contribution in [3.05, 3.63) is 17.7 Å². The maximum atomic E-state index is 12.7. The van der Waals surface area contributed by atoms with Gasteiger partial charge in [-0.25, -0.2) is 0 Å². The van der Waals surface area contributed by atoms with E-state index in [9.17, 15) is 4.79 Å². The van der Waals surface area contributed by atoms with E-state index < -0.39 is 11.2 Å². The van der Waals surface area contributed by atoms with Gasteiger partial charge in [-0.1, -0.05) is 41.5 Å². The van der Waals surface area contributed by atoms with Crippen molar-refractivity contribution in [2.45, 2.75) is 126 Å². The van der Waals surface area contributed by atoms with Crippen LogP contribution in [-0.4, -0.2) is 43.4 Å².